The number of halogens is 1. The maximum absolute atomic E-state index is 5.21. The Morgan fingerprint density at radius 3 is 2.15 bits per heavy atom. The number of terminal acetylenes is 1. The fourth-order valence-electron chi connectivity index (χ4n) is 0.877. The molecule has 0 nitrogen and oxygen atoms in total. The van der Waals surface area contributed by atoms with Gasteiger partial charge in [-0.15, -0.1) is 6.42 Å². The molecule has 0 aliphatic heterocycles. The minimum atomic E-state index is 0.948. The van der Waals surface area contributed by atoms with E-state index in [2.05, 4.69) is 34.0 Å². The van der Waals surface area contributed by atoms with Crippen molar-refractivity contribution in [3.8, 4) is 12.3 Å². The third-order valence-corrected chi connectivity index (χ3v) is 1.90. The summed E-state index contributed by atoms with van der Waals surface area (Å²) in [4.78, 5) is 0. The van der Waals surface area contributed by atoms with Gasteiger partial charge in [0.2, 0.25) is 0 Å². The predicted octanol–water partition coefficient (Wildman–Crippen LogP) is 3.63. The van der Waals surface area contributed by atoms with Crippen molar-refractivity contribution in [2.24, 2.45) is 0 Å². The molecular weight excluding hydrogens is 224 g/mol. The molecular formula is C12H15Br. The van der Waals surface area contributed by atoms with Crippen molar-refractivity contribution in [1.82, 2.24) is 0 Å². The molecule has 0 spiro atoms. The fraction of sp³-hybridized carbons (Fsp3) is 0.333. The van der Waals surface area contributed by atoms with Crippen molar-refractivity contribution in [2.75, 3.05) is 5.33 Å². The second kappa shape index (κ2) is 7.89. The molecule has 0 radical (unpaired) electrons. The Morgan fingerprint density at radius 1 is 1.23 bits per heavy atom. The number of hydrogen-bond acceptors (Lipinski definition) is 0. The number of alkyl halides is 1. The van der Waals surface area contributed by atoms with E-state index in [0.29, 0.717) is 0 Å². The first-order valence-electron chi connectivity index (χ1n) is 4.48. The van der Waals surface area contributed by atoms with E-state index in [4.69, 9.17) is 6.42 Å². The van der Waals surface area contributed by atoms with E-state index in [1.807, 2.05) is 26.0 Å². The summed E-state index contributed by atoms with van der Waals surface area (Å²) in [6.07, 6.45) is 6.27. The van der Waals surface area contributed by atoms with Gasteiger partial charge in [-0.1, -0.05) is 47.8 Å². The smallest absolute Gasteiger partial charge is 0.0242 e. The van der Waals surface area contributed by atoms with Gasteiger partial charge in [0.05, 0.1) is 0 Å². The summed E-state index contributed by atoms with van der Waals surface area (Å²) in [7, 11) is 0. The number of rotatable bonds is 2. The zero-order valence-corrected chi connectivity index (χ0v) is 9.76. The van der Waals surface area contributed by atoms with Crippen LogP contribution in [0, 0.1) is 12.3 Å². The van der Waals surface area contributed by atoms with Crippen LogP contribution in [0.15, 0.2) is 24.3 Å². The van der Waals surface area contributed by atoms with Crippen LogP contribution in [0.4, 0.5) is 0 Å². The van der Waals surface area contributed by atoms with Gasteiger partial charge in [-0.05, 0) is 24.1 Å². The van der Waals surface area contributed by atoms with Crippen molar-refractivity contribution < 1.29 is 0 Å². The lowest BCUT2D eigenvalue weighted by Gasteiger charge is -1.96. The van der Waals surface area contributed by atoms with Crippen molar-refractivity contribution in [1.29, 1.82) is 0 Å². The molecule has 0 aromatic heterocycles. The first-order chi connectivity index (χ1) is 6.36. The highest BCUT2D eigenvalue weighted by Gasteiger charge is 1.90. The molecule has 0 amide bonds. The zero-order chi connectivity index (χ0) is 10.1. The van der Waals surface area contributed by atoms with Crippen LogP contribution >= 0.6 is 15.9 Å². The standard InChI is InChI=1S/C10H9Br.C2H6/c1-2-9-3-5-10(6-4-9)7-8-11;1-2/h1,3-6H,7-8H2;1-2H3. The maximum atomic E-state index is 5.21. The molecule has 0 saturated carbocycles. The quantitative estimate of drug-likeness (QED) is 0.546. The van der Waals surface area contributed by atoms with Crippen molar-refractivity contribution in [3.63, 3.8) is 0 Å². The van der Waals surface area contributed by atoms with Crippen LogP contribution in [0.5, 0.6) is 0 Å². The van der Waals surface area contributed by atoms with Gasteiger partial charge in [-0.25, -0.2) is 0 Å². The molecule has 0 N–H and O–H groups in total. The Hall–Kier alpha value is -0.740. The van der Waals surface area contributed by atoms with Crippen LogP contribution in [0.1, 0.15) is 25.0 Å². The third kappa shape index (κ3) is 4.75. The van der Waals surface area contributed by atoms with Crippen molar-refractivity contribution in [2.45, 2.75) is 20.3 Å². The van der Waals surface area contributed by atoms with E-state index >= 15 is 0 Å². The van der Waals surface area contributed by atoms with Gasteiger partial charge in [-0.2, -0.15) is 0 Å². The highest BCUT2D eigenvalue weighted by atomic mass is 79.9. The Kier molecular flexibility index (Phi) is 7.44. The summed E-state index contributed by atoms with van der Waals surface area (Å²) in [6.45, 7) is 4.00. The van der Waals surface area contributed by atoms with Crippen molar-refractivity contribution >= 4 is 15.9 Å². The van der Waals surface area contributed by atoms with E-state index in [0.717, 1.165) is 17.3 Å². The lowest BCUT2D eigenvalue weighted by molar-refractivity contribution is 1.17. The average molecular weight is 239 g/mol. The molecule has 0 fully saturated rings. The van der Waals surface area contributed by atoms with Crippen LogP contribution < -0.4 is 0 Å². The lowest BCUT2D eigenvalue weighted by atomic mass is 10.1. The van der Waals surface area contributed by atoms with E-state index in [1.165, 1.54) is 5.56 Å². The van der Waals surface area contributed by atoms with E-state index in [-0.39, 0.29) is 0 Å². The second-order valence-corrected chi connectivity index (χ2v) is 3.07. The first-order valence-corrected chi connectivity index (χ1v) is 5.60. The summed E-state index contributed by atoms with van der Waals surface area (Å²) in [5, 5.41) is 1.00. The highest BCUT2D eigenvalue weighted by molar-refractivity contribution is 9.09. The summed E-state index contributed by atoms with van der Waals surface area (Å²) < 4.78 is 0. The van der Waals surface area contributed by atoms with Gasteiger partial charge < -0.3 is 0 Å². The van der Waals surface area contributed by atoms with Gasteiger partial charge >= 0.3 is 0 Å². The van der Waals surface area contributed by atoms with Crippen LogP contribution in [0.25, 0.3) is 0 Å². The molecule has 13 heavy (non-hydrogen) atoms. The Morgan fingerprint density at radius 2 is 1.77 bits per heavy atom. The SMILES string of the molecule is C#Cc1ccc(CCBr)cc1.CC. The Balaban J connectivity index is 0.000000671. The van der Waals surface area contributed by atoms with E-state index in [1.54, 1.807) is 0 Å². The predicted molar refractivity (Wildman–Crippen MR) is 63.2 cm³/mol. The minimum absolute atomic E-state index is 0.948. The number of aryl methyl sites for hydroxylation is 1. The van der Waals surface area contributed by atoms with E-state index in [9.17, 15) is 0 Å². The monoisotopic (exact) mass is 238 g/mol. The molecule has 1 aromatic rings. The molecule has 0 heterocycles. The lowest BCUT2D eigenvalue weighted by Crippen LogP contribution is -1.84. The summed E-state index contributed by atoms with van der Waals surface area (Å²) in [6, 6.07) is 8.07. The molecule has 1 aromatic carbocycles. The molecule has 0 aliphatic carbocycles. The normalized spacial score (nSPS) is 8.15. The summed E-state index contributed by atoms with van der Waals surface area (Å²) in [5.74, 6) is 2.58. The van der Waals surface area contributed by atoms with Gasteiger partial charge in [0, 0.05) is 10.9 Å². The maximum Gasteiger partial charge on any atom is 0.0242 e. The molecule has 70 valence electrons. The number of hydrogen-bond donors (Lipinski definition) is 0. The minimum Gasteiger partial charge on any atom is -0.115 e. The van der Waals surface area contributed by atoms with Crippen LogP contribution in [0.2, 0.25) is 0 Å². The Labute approximate surface area is 89.5 Å². The van der Waals surface area contributed by atoms with Crippen LogP contribution in [-0.4, -0.2) is 5.33 Å². The van der Waals surface area contributed by atoms with Crippen molar-refractivity contribution in [3.05, 3.63) is 35.4 Å². The third-order valence-electron chi connectivity index (χ3n) is 1.50. The Bertz CT molecular complexity index is 253. The summed E-state index contributed by atoms with van der Waals surface area (Å²) in [5.41, 5.74) is 2.27. The number of benzene rings is 1. The molecule has 0 saturated heterocycles. The highest BCUT2D eigenvalue weighted by Crippen LogP contribution is 2.04. The zero-order valence-electron chi connectivity index (χ0n) is 8.18. The fourth-order valence-corrected chi connectivity index (χ4v) is 1.33. The van der Waals surface area contributed by atoms with Gasteiger partial charge in [0.15, 0.2) is 0 Å². The molecule has 0 unspecified atom stereocenters. The molecule has 1 heteroatoms. The molecule has 1 rings (SSSR count). The van der Waals surface area contributed by atoms with Gasteiger partial charge in [-0.3, -0.25) is 0 Å². The molecule has 0 aliphatic rings. The molecule has 0 atom stereocenters. The van der Waals surface area contributed by atoms with E-state index < -0.39 is 0 Å². The largest absolute Gasteiger partial charge is 0.115 e. The molecule has 0 bridgehead atoms. The van der Waals surface area contributed by atoms with Gasteiger partial charge in [0.1, 0.15) is 0 Å². The van der Waals surface area contributed by atoms with Gasteiger partial charge in [0.25, 0.3) is 0 Å². The summed E-state index contributed by atoms with van der Waals surface area (Å²) >= 11 is 3.38. The topological polar surface area (TPSA) is 0 Å². The average Bonchev–Trinajstić information content (AvgIpc) is 2.23. The first kappa shape index (κ1) is 12.3. The second-order valence-electron chi connectivity index (χ2n) is 2.28. The van der Waals surface area contributed by atoms with Crippen LogP contribution in [0.3, 0.4) is 0 Å². The van der Waals surface area contributed by atoms with Crippen LogP contribution in [-0.2, 0) is 6.42 Å².